The number of quaternary nitrogens is 1. The molecule has 342 valence electrons. The highest BCUT2D eigenvalue weighted by Gasteiger charge is 2.27. The van der Waals surface area contributed by atoms with Gasteiger partial charge in [-0.25, -0.2) is 4.57 Å². The van der Waals surface area contributed by atoms with Crippen molar-refractivity contribution in [1.29, 1.82) is 0 Å². The van der Waals surface area contributed by atoms with Gasteiger partial charge in [0.15, 0.2) is 6.10 Å². The fraction of sp³-hybridized carbons (Fsp3) is 0.875. The Morgan fingerprint density at radius 2 is 0.879 bits per heavy atom. The third kappa shape index (κ3) is 44.1. The number of esters is 2. The van der Waals surface area contributed by atoms with Gasteiger partial charge in [0.1, 0.15) is 19.8 Å². The Morgan fingerprint density at radius 1 is 0.517 bits per heavy atom. The number of phosphoric acid groups is 1. The van der Waals surface area contributed by atoms with Crippen LogP contribution in [0.1, 0.15) is 219 Å². The summed E-state index contributed by atoms with van der Waals surface area (Å²) in [4.78, 5) is 35.4. The lowest BCUT2D eigenvalue weighted by Gasteiger charge is -2.24. The molecule has 0 saturated carbocycles. The van der Waals surface area contributed by atoms with Gasteiger partial charge in [-0.1, -0.05) is 167 Å². The Bertz CT molecular complexity index is 1040. The van der Waals surface area contributed by atoms with Gasteiger partial charge >= 0.3 is 19.8 Å². The first-order valence-electron chi connectivity index (χ1n) is 24.1. The van der Waals surface area contributed by atoms with Crippen molar-refractivity contribution in [3.63, 3.8) is 0 Å². The third-order valence-corrected chi connectivity index (χ3v) is 11.4. The van der Waals surface area contributed by atoms with Crippen molar-refractivity contribution in [3.8, 4) is 0 Å². The number of nitrogens with zero attached hydrogens (tertiary/aromatic N) is 1. The predicted octanol–water partition coefficient (Wildman–Crippen LogP) is 13.9. The Balaban J connectivity index is 4.32. The van der Waals surface area contributed by atoms with Crippen molar-refractivity contribution < 1.29 is 42.1 Å². The maximum absolute atomic E-state index is 12.7. The number of carbonyl (C=O) groups excluding carboxylic acids is 2. The average Bonchev–Trinajstić information content (AvgIpc) is 3.17. The van der Waals surface area contributed by atoms with E-state index in [1.54, 1.807) is 0 Å². The van der Waals surface area contributed by atoms with E-state index in [2.05, 4.69) is 38.2 Å². The number of allylic oxidation sites excluding steroid dienone is 4. The van der Waals surface area contributed by atoms with Gasteiger partial charge < -0.3 is 18.9 Å². The molecule has 0 saturated heterocycles. The number of hydrogen-bond donors (Lipinski definition) is 1. The molecule has 0 bridgehead atoms. The number of rotatable bonds is 44. The topological polar surface area (TPSA) is 108 Å². The van der Waals surface area contributed by atoms with Crippen molar-refractivity contribution >= 4 is 19.8 Å². The van der Waals surface area contributed by atoms with Gasteiger partial charge in [-0.2, -0.15) is 0 Å². The lowest BCUT2D eigenvalue weighted by molar-refractivity contribution is -0.870. The van der Waals surface area contributed by atoms with Gasteiger partial charge in [-0.15, -0.1) is 0 Å². The minimum absolute atomic E-state index is 0.0301. The van der Waals surface area contributed by atoms with Crippen LogP contribution in [-0.2, 0) is 32.7 Å². The van der Waals surface area contributed by atoms with Crippen LogP contribution in [-0.4, -0.2) is 74.9 Å². The molecule has 1 unspecified atom stereocenters. The fourth-order valence-electron chi connectivity index (χ4n) is 6.65. The summed E-state index contributed by atoms with van der Waals surface area (Å²) in [5, 5.41) is 0. The van der Waals surface area contributed by atoms with Crippen LogP contribution >= 0.6 is 7.82 Å². The molecule has 0 spiro atoms. The molecule has 0 aliphatic rings. The van der Waals surface area contributed by atoms with Crippen molar-refractivity contribution in [2.45, 2.75) is 225 Å². The van der Waals surface area contributed by atoms with E-state index >= 15 is 0 Å². The number of ether oxygens (including phenoxy) is 2. The lowest BCUT2D eigenvalue weighted by Crippen LogP contribution is -2.37. The number of likely N-dealkylation sites (N-methyl/N-ethyl adjacent to an activating group) is 1. The highest BCUT2D eigenvalue weighted by molar-refractivity contribution is 7.47. The summed E-state index contributed by atoms with van der Waals surface area (Å²) < 4.78 is 34.4. The average molecular weight is 843 g/mol. The molecule has 9 nitrogen and oxygen atoms in total. The van der Waals surface area contributed by atoms with E-state index in [9.17, 15) is 19.0 Å². The molecule has 0 amide bonds. The van der Waals surface area contributed by atoms with Crippen LogP contribution in [0.3, 0.4) is 0 Å². The second kappa shape index (κ2) is 40.9. The van der Waals surface area contributed by atoms with Crippen molar-refractivity contribution in [2.24, 2.45) is 0 Å². The molecule has 2 atom stereocenters. The van der Waals surface area contributed by atoms with Gasteiger partial charge in [0, 0.05) is 12.8 Å². The van der Waals surface area contributed by atoms with E-state index < -0.39 is 26.5 Å². The Kier molecular flexibility index (Phi) is 39.8. The molecule has 0 heterocycles. The van der Waals surface area contributed by atoms with Gasteiger partial charge in [0.25, 0.3) is 0 Å². The first kappa shape index (κ1) is 56.5. The van der Waals surface area contributed by atoms with Gasteiger partial charge in [0.2, 0.25) is 0 Å². The van der Waals surface area contributed by atoms with E-state index in [1.165, 1.54) is 116 Å². The summed E-state index contributed by atoms with van der Waals surface area (Å²) in [6, 6.07) is 0. The minimum Gasteiger partial charge on any atom is -0.462 e. The monoisotopic (exact) mass is 843 g/mol. The Labute approximate surface area is 358 Å². The van der Waals surface area contributed by atoms with Gasteiger partial charge in [-0.3, -0.25) is 18.6 Å². The Morgan fingerprint density at radius 3 is 1.28 bits per heavy atom. The lowest BCUT2D eigenvalue weighted by atomic mass is 10.1. The molecule has 0 aromatic carbocycles. The number of unbranched alkanes of at least 4 members (excludes halogenated alkanes) is 26. The molecule has 0 fully saturated rings. The van der Waals surface area contributed by atoms with Crippen LogP contribution in [0.4, 0.5) is 0 Å². The molecule has 10 heteroatoms. The molecule has 0 aromatic rings. The smallest absolute Gasteiger partial charge is 0.462 e. The second-order valence-electron chi connectivity index (χ2n) is 17.5. The second-order valence-corrected chi connectivity index (χ2v) is 18.9. The van der Waals surface area contributed by atoms with Gasteiger partial charge in [0.05, 0.1) is 27.7 Å². The molecule has 0 radical (unpaired) electrons. The zero-order valence-corrected chi connectivity index (χ0v) is 39.4. The zero-order chi connectivity index (χ0) is 42.8. The standard InChI is InChI=1S/C48H92NO8P/c1-6-8-10-12-14-16-18-20-22-24-26-28-30-32-34-36-38-40-47(50)54-44-46(45-56-58(52,53)55-43-42-49(3,4)5)57-48(51)41-39-37-35-33-31-29-27-25-23-21-19-17-15-13-11-9-7-2/h24-27,46H,6-23,28-45H2,1-5H3/p+1/b26-24+,27-25+/t46-/m1/s1. The summed E-state index contributed by atoms with van der Waals surface area (Å²) in [5.74, 6) is -0.811. The SMILES string of the molecule is CCCCCCCCCC/C=C/CCCCCCCC(=O)OC[C@H](COP(=O)(O)OCC[N+](C)(C)C)OC(=O)CCCCCCC/C=C/CCCCCCCCCC. The van der Waals surface area contributed by atoms with E-state index in [1.807, 2.05) is 21.1 Å². The molecular weight excluding hydrogens is 750 g/mol. The number of hydrogen-bond acceptors (Lipinski definition) is 7. The molecule has 58 heavy (non-hydrogen) atoms. The molecule has 0 rings (SSSR count). The van der Waals surface area contributed by atoms with Crippen LogP contribution in [0, 0.1) is 0 Å². The Hall–Kier alpha value is -1.51. The summed E-state index contributed by atoms with van der Waals surface area (Å²) in [7, 11) is 1.47. The zero-order valence-electron chi connectivity index (χ0n) is 38.5. The molecule has 1 N–H and O–H groups in total. The molecule has 0 aliphatic heterocycles. The van der Waals surface area contributed by atoms with Crippen molar-refractivity contribution in [2.75, 3.05) is 47.5 Å². The van der Waals surface area contributed by atoms with Crippen LogP contribution in [0.25, 0.3) is 0 Å². The number of phosphoric ester groups is 1. The van der Waals surface area contributed by atoms with Crippen molar-refractivity contribution in [3.05, 3.63) is 24.3 Å². The summed E-state index contributed by atoms with van der Waals surface area (Å²) in [6.45, 7) is 4.43. The van der Waals surface area contributed by atoms with Crippen LogP contribution in [0.15, 0.2) is 24.3 Å². The van der Waals surface area contributed by atoms with E-state index in [0.29, 0.717) is 17.4 Å². The van der Waals surface area contributed by atoms with Crippen LogP contribution in [0.5, 0.6) is 0 Å². The van der Waals surface area contributed by atoms with E-state index in [4.69, 9.17) is 18.5 Å². The first-order chi connectivity index (χ1) is 28.0. The minimum atomic E-state index is -4.38. The maximum Gasteiger partial charge on any atom is 0.472 e. The normalized spacial score (nSPS) is 13.7. The van der Waals surface area contributed by atoms with E-state index in [0.717, 1.165) is 70.6 Å². The van der Waals surface area contributed by atoms with Crippen molar-refractivity contribution in [1.82, 2.24) is 0 Å². The van der Waals surface area contributed by atoms with Crippen LogP contribution in [0.2, 0.25) is 0 Å². The maximum atomic E-state index is 12.7. The van der Waals surface area contributed by atoms with Gasteiger partial charge in [-0.05, 0) is 64.2 Å². The molecule has 0 aliphatic carbocycles. The fourth-order valence-corrected chi connectivity index (χ4v) is 7.39. The number of carbonyl (C=O) groups is 2. The third-order valence-electron chi connectivity index (χ3n) is 10.5. The highest BCUT2D eigenvalue weighted by atomic mass is 31.2. The largest absolute Gasteiger partial charge is 0.472 e. The highest BCUT2D eigenvalue weighted by Crippen LogP contribution is 2.43. The molecular formula is C48H93NO8P+. The predicted molar refractivity (Wildman–Crippen MR) is 243 cm³/mol. The summed E-state index contributed by atoms with van der Waals surface area (Å²) in [5.41, 5.74) is 0. The van der Waals surface area contributed by atoms with E-state index in [-0.39, 0.29) is 32.0 Å². The molecule has 0 aromatic heterocycles. The summed E-state index contributed by atoms with van der Waals surface area (Å²) in [6.07, 6.45) is 45.1. The summed E-state index contributed by atoms with van der Waals surface area (Å²) >= 11 is 0. The van der Waals surface area contributed by atoms with Crippen LogP contribution < -0.4 is 0 Å². The quantitative estimate of drug-likeness (QED) is 0.0212. The first-order valence-corrected chi connectivity index (χ1v) is 25.6.